The summed E-state index contributed by atoms with van der Waals surface area (Å²) < 4.78 is 5.49. The molecule has 4 rings (SSSR count). The molecule has 21 heavy (non-hydrogen) atoms. The van der Waals surface area contributed by atoms with Crippen molar-refractivity contribution in [2.24, 2.45) is 35.0 Å². The Labute approximate surface area is 129 Å². The predicted octanol–water partition coefficient (Wildman–Crippen LogP) is 4.22. The van der Waals surface area contributed by atoms with E-state index in [0.717, 1.165) is 36.5 Å². The minimum absolute atomic E-state index is 0.0955. The summed E-state index contributed by atoms with van der Waals surface area (Å²) in [6.45, 7) is 2.56. The maximum Gasteiger partial charge on any atom is 0.161 e. The molecule has 0 amide bonds. The number of ketones is 1. The zero-order valence-corrected chi connectivity index (χ0v) is 13.6. The molecule has 0 aliphatic heterocycles. The van der Waals surface area contributed by atoms with Gasteiger partial charge in [0.15, 0.2) is 5.78 Å². The molecule has 118 valence electrons. The Morgan fingerprint density at radius 1 is 1.05 bits per heavy atom. The van der Waals surface area contributed by atoms with E-state index in [9.17, 15) is 4.79 Å². The second-order valence-electron chi connectivity index (χ2n) is 8.65. The summed E-state index contributed by atoms with van der Waals surface area (Å²) in [5.41, 5.74) is 0.652. The molecule has 0 aromatic rings. The van der Waals surface area contributed by atoms with Crippen molar-refractivity contribution in [1.29, 1.82) is 0 Å². The minimum atomic E-state index is -0.0955. The summed E-state index contributed by atoms with van der Waals surface area (Å²) in [4.78, 5) is 12.1. The van der Waals surface area contributed by atoms with E-state index in [4.69, 9.17) is 4.74 Å². The monoisotopic (exact) mass is 290 g/mol. The highest BCUT2D eigenvalue weighted by atomic mass is 16.5. The number of carbonyl (C=O) groups is 1. The van der Waals surface area contributed by atoms with Crippen LogP contribution >= 0.6 is 0 Å². The SMILES string of the molecule is COC1C[C@H]2[C@H](CC[C@@H]3[C@@H]2CC[C@]2(C)CCC[C@@H]32)CC1=O. The normalized spacial score (nSPS) is 53.0. The molecule has 0 aromatic carbocycles. The van der Waals surface area contributed by atoms with Crippen molar-refractivity contribution in [3.8, 4) is 0 Å². The van der Waals surface area contributed by atoms with Gasteiger partial charge in [-0.2, -0.15) is 0 Å². The third kappa shape index (κ3) is 2.12. The highest BCUT2D eigenvalue weighted by molar-refractivity contribution is 5.84. The summed E-state index contributed by atoms with van der Waals surface area (Å²) in [6.07, 6.45) is 11.7. The van der Waals surface area contributed by atoms with E-state index in [0.29, 0.717) is 17.1 Å². The van der Waals surface area contributed by atoms with Crippen LogP contribution in [0.1, 0.15) is 64.7 Å². The molecule has 0 radical (unpaired) electrons. The number of fused-ring (bicyclic) bond motifs is 5. The van der Waals surface area contributed by atoms with Crippen LogP contribution in [0.15, 0.2) is 0 Å². The predicted molar refractivity (Wildman–Crippen MR) is 82.9 cm³/mol. The maximum absolute atomic E-state index is 12.1. The van der Waals surface area contributed by atoms with Crippen LogP contribution in [-0.2, 0) is 9.53 Å². The Morgan fingerprint density at radius 3 is 2.71 bits per heavy atom. The van der Waals surface area contributed by atoms with Gasteiger partial charge in [-0.05, 0) is 80.0 Å². The molecule has 0 heterocycles. The van der Waals surface area contributed by atoms with Gasteiger partial charge in [0.05, 0.1) is 0 Å². The van der Waals surface area contributed by atoms with Gasteiger partial charge in [0.2, 0.25) is 0 Å². The molecule has 0 spiro atoms. The van der Waals surface area contributed by atoms with Crippen LogP contribution in [0.25, 0.3) is 0 Å². The molecule has 4 aliphatic carbocycles. The Morgan fingerprint density at radius 2 is 1.90 bits per heavy atom. The fourth-order valence-electron chi connectivity index (χ4n) is 6.84. The fraction of sp³-hybridized carbons (Fsp3) is 0.947. The van der Waals surface area contributed by atoms with Crippen molar-refractivity contribution in [2.45, 2.75) is 70.8 Å². The first-order valence-electron chi connectivity index (χ1n) is 9.18. The molecule has 2 nitrogen and oxygen atoms in total. The Kier molecular flexibility index (Phi) is 3.44. The zero-order valence-electron chi connectivity index (χ0n) is 13.6. The van der Waals surface area contributed by atoms with Crippen LogP contribution in [-0.4, -0.2) is 19.0 Å². The summed E-state index contributed by atoms with van der Waals surface area (Å²) in [5.74, 6) is 4.66. The Balaban J connectivity index is 1.57. The van der Waals surface area contributed by atoms with Crippen molar-refractivity contribution in [3.63, 3.8) is 0 Å². The standard InChI is InChI=1S/C19H30O2/c1-19-8-3-4-16(19)14-6-5-12-10-17(20)18(21-2)11-15(12)13(14)7-9-19/h12-16,18H,3-11H2,1-2H3/t12-,13+,14-,15+,16+,18?,19+/m1/s1. The topological polar surface area (TPSA) is 26.3 Å². The van der Waals surface area contributed by atoms with E-state index < -0.39 is 0 Å². The number of methoxy groups -OCH3 is 1. The first-order chi connectivity index (χ1) is 10.1. The van der Waals surface area contributed by atoms with Crippen molar-refractivity contribution >= 4 is 5.78 Å². The molecule has 4 aliphatic rings. The quantitative estimate of drug-likeness (QED) is 0.722. The maximum atomic E-state index is 12.1. The lowest BCUT2D eigenvalue weighted by atomic mass is 9.50. The molecule has 0 bridgehead atoms. The summed E-state index contributed by atoms with van der Waals surface area (Å²) >= 11 is 0. The lowest BCUT2D eigenvalue weighted by Crippen LogP contribution is -2.50. The van der Waals surface area contributed by atoms with Gasteiger partial charge in [0.25, 0.3) is 0 Å². The molecule has 4 fully saturated rings. The lowest BCUT2D eigenvalue weighted by molar-refractivity contribution is -0.142. The third-order valence-corrected chi connectivity index (χ3v) is 7.89. The van der Waals surface area contributed by atoms with E-state index in [1.807, 2.05) is 0 Å². The van der Waals surface area contributed by atoms with Gasteiger partial charge in [0, 0.05) is 13.5 Å². The summed E-state index contributed by atoms with van der Waals surface area (Å²) in [6, 6.07) is 0. The number of hydrogen-bond donors (Lipinski definition) is 0. The number of hydrogen-bond acceptors (Lipinski definition) is 2. The summed E-state index contributed by atoms with van der Waals surface area (Å²) in [5, 5.41) is 0. The van der Waals surface area contributed by atoms with E-state index in [1.54, 1.807) is 7.11 Å². The zero-order chi connectivity index (χ0) is 14.6. The van der Waals surface area contributed by atoms with Crippen LogP contribution in [0.3, 0.4) is 0 Å². The molecule has 4 saturated carbocycles. The van der Waals surface area contributed by atoms with Crippen molar-refractivity contribution < 1.29 is 9.53 Å². The Hall–Kier alpha value is -0.370. The number of ether oxygens (including phenoxy) is 1. The molecule has 0 aromatic heterocycles. The first kappa shape index (κ1) is 14.2. The van der Waals surface area contributed by atoms with Crippen LogP contribution in [0.2, 0.25) is 0 Å². The third-order valence-electron chi connectivity index (χ3n) is 7.89. The van der Waals surface area contributed by atoms with Crippen molar-refractivity contribution in [2.75, 3.05) is 7.11 Å². The van der Waals surface area contributed by atoms with Crippen molar-refractivity contribution in [3.05, 3.63) is 0 Å². The van der Waals surface area contributed by atoms with E-state index in [2.05, 4.69) is 6.92 Å². The van der Waals surface area contributed by atoms with E-state index in [1.165, 1.54) is 44.9 Å². The number of Topliss-reactive ketones (excluding diaryl/α,β-unsaturated/α-hetero) is 1. The van der Waals surface area contributed by atoms with Gasteiger partial charge >= 0.3 is 0 Å². The molecule has 0 saturated heterocycles. The molecule has 7 atom stereocenters. The Bertz CT molecular complexity index is 431. The van der Waals surface area contributed by atoms with Crippen LogP contribution < -0.4 is 0 Å². The van der Waals surface area contributed by atoms with E-state index >= 15 is 0 Å². The largest absolute Gasteiger partial charge is 0.374 e. The first-order valence-corrected chi connectivity index (χ1v) is 9.18. The van der Waals surface area contributed by atoms with Crippen LogP contribution in [0.5, 0.6) is 0 Å². The van der Waals surface area contributed by atoms with Crippen molar-refractivity contribution in [1.82, 2.24) is 0 Å². The van der Waals surface area contributed by atoms with E-state index in [-0.39, 0.29) is 6.10 Å². The highest BCUT2D eigenvalue weighted by Gasteiger charge is 2.54. The molecular formula is C19H30O2. The highest BCUT2D eigenvalue weighted by Crippen LogP contribution is 2.62. The second kappa shape index (κ2) is 5.08. The number of carbonyl (C=O) groups excluding carboxylic acids is 1. The molecular weight excluding hydrogens is 260 g/mol. The van der Waals surface area contributed by atoms with Gasteiger partial charge in [-0.25, -0.2) is 0 Å². The van der Waals surface area contributed by atoms with Crippen LogP contribution in [0.4, 0.5) is 0 Å². The fourth-order valence-corrected chi connectivity index (χ4v) is 6.84. The summed E-state index contributed by atoms with van der Waals surface area (Å²) in [7, 11) is 1.72. The molecule has 1 unspecified atom stereocenters. The van der Waals surface area contributed by atoms with Gasteiger partial charge in [0.1, 0.15) is 6.10 Å². The van der Waals surface area contributed by atoms with Gasteiger partial charge in [-0.15, -0.1) is 0 Å². The molecule has 0 N–H and O–H groups in total. The van der Waals surface area contributed by atoms with Gasteiger partial charge < -0.3 is 4.74 Å². The average molecular weight is 290 g/mol. The lowest BCUT2D eigenvalue weighted by Gasteiger charge is -2.55. The molecule has 2 heteroatoms. The smallest absolute Gasteiger partial charge is 0.161 e. The van der Waals surface area contributed by atoms with Gasteiger partial charge in [-0.1, -0.05) is 13.3 Å². The average Bonchev–Trinajstić information content (AvgIpc) is 2.88. The van der Waals surface area contributed by atoms with Gasteiger partial charge in [-0.3, -0.25) is 4.79 Å². The minimum Gasteiger partial charge on any atom is -0.374 e. The second-order valence-corrected chi connectivity index (χ2v) is 8.65. The van der Waals surface area contributed by atoms with Crippen LogP contribution in [0, 0.1) is 35.0 Å². The number of rotatable bonds is 1.